The molecule has 1 atom stereocenters. The van der Waals surface area contributed by atoms with Crippen LogP contribution in [0.4, 0.5) is 5.69 Å². The van der Waals surface area contributed by atoms with Crippen LogP contribution < -0.4 is 14.4 Å². The van der Waals surface area contributed by atoms with E-state index in [2.05, 4.69) is 5.32 Å². The van der Waals surface area contributed by atoms with Crippen molar-refractivity contribution in [1.29, 1.82) is 0 Å². The van der Waals surface area contributed by atoms with Gasteiger partial charge in [0, 0.05) is 13.0 Å². The Hall–Kier alpha value is -2.54. The predicted octanol–water partition coefficient (Wildman–Crippen LogP) is 3.43. The molecule has 1 N–H and O–H groups in total. The SMILES string of the molecule is Cc1ccc(N(CCCC(=O)N[C@H](C)COc2ccccc2C)S(C)(=O)=O)cc1. The highest BCUT2D eigenvalue weighted by Crippen LogP contribution is 2.19. The molecule has 0 spiro atoms. The summed E-state index contributed by atoms with van der Waals surface area (Å²) in [5.74, 6) is 0.679. The van der Waals surface area contributed by atoms with Gasteiger partial charge in [0.25, 0.3) is 0 Å². The van der Waals surface area contributed by atoms with Crippen molar-refractivity contribution >= 4 is 21.6 Å². The van der Waals surface area contributed by atoms with Crippen LogP contribution in [0.3, 0.4) is 0 Å². The third kappa shape index (κ3) is 7.42. The summed E-state index contributed by atoms with van der Waals surface area (Å²) >= 11 is 0. The molecule has 1 amide bonds. The number of amides is 1. The van der Waals surface area contributed by atoms with E-state index < -0.39 is 10.0 Å². The number of hydrogen-bond donors (Lipinski definition) is 1. The van der Waals surface area contributed by atoms with E-state index in [4.69, 9.17) is 4.74 Å². The average molecular weight is 419 g/mol. The third-order valence-electron chi connectivity index (χ3n) is 4.48. The first-order chi connectivity index (χ1) is 13.7. The van der Waals surface area contributed by atoms with Crippen molar-refractivity contribution in [2.24, 2.45) is 0 Å². The van der Waals surface area contributed by atoms with Gasteiger partial charge in [-0.3, -0.25) is 9.10 Å². The van der Waals surface area contributed by atoms with Crippen molar-refractivity contribution < 1.29 is 17.9 Å². The Morgan fingerprint density at radius 3 is 2.38 bits per heavy atom. The van der Waals surface area contributed by atoms with Gasteiger partial charge in [-0.05, 0) is 51.0 Å². The summed E-state index contributed by atoms with van der Waals surface area (Å²) < 4.78 is 31.3. The monoisotopic (exact) mass is 418 g/mol. The summed E-state index contributed by atoms with van der Waals surface area (Å²) in [5, 5.41) is 2.90. The molecule has 0 aliphatic heterocycles. The molecule has 158 valence electrons. The highest BCUT2D eigenvalue weighted by molar-refractivity contribution is 7.92. The van der Waals surface area contributed by atoms with Gasteiger partial charge in [-0.25, -0.2) is 8.42 Å². The predicted molar refractivity (Wildman–Crippen MR) is 117 cm³/mol. The van der Waals surface area contributed by atoms with Crippen LogP contribution in [-0.4, -0.2) is 39.8 Å². The number of aryl methyl sites for hydroxylation is 2. The minimum absolute atomic E-state index is 0.122. The first kappa shape index (κ1) is 22.7. The number of benzene rings is 2. The smallest absolute Gasteiger partial charge is 0.232 e. The Bertz CT molecular complexity index is 911. The van der Waals surface area contributed by atoms with E-state index in [0.29, 0.717) is 18.7 Å². The van der Waals surface area contributed by atoms with Crippen LogP contribution in [0.2, 0.25) is 0 Å². The molecule has 0 heterocycles. The highest BCUT2D eigenvalue weighted by atomic mass is 32.2. The van der Waals surface area contributed by atoms with Crippen LogP contribution in [0, 0.1) is 13.8 Å². The van der Waals surface area contributed by atoms with E-state index in [9.17, 15) is 13.2 Å². The van der Waals surface area contributed by atoms with Gasteiger partial charge in [-0.2, -0.15) is 0 Å². The number of ether oxygens (including phenoxy) is 1. The molecule has 0 aliphatic carbocycles. The number of carbonyl (C=O) groups excluding carboxylic acids is 1. The van der Waals surface area contributed by atoms with Crippen molar-refractivity contribution in [1.82, 2.24) is 5.32 Å². The number of anilines is 1. The zero-order valence-electron chi connectivity index (χ0n) is 17.5. The molecule has 0 aromatic heterocycles. The number of nitrogens with zero attached hydrogens (tertiary/aromatic N) is 1. The van der Waals surface area contributed by atoms with E-state index in [0.717, 1.165) is 16.9 Å². The molecule has 2 aromatic rings. The van der Waals surface area contributed by atoms with Crippen LogP contribution in [0.15, 0.2) is 48.5 Å². The second kappa shape index (κ2) is 10.3. The summed E-state index contributed by atoms with van der Waals surface area (Å²) in [5.41, 5.74) is 2.71. The van der Waals surface area contributed by atoms with E-state index in [1.165, 1.54) is 10.6 Å². The lowest BCUT2D eigenvalue weighted by Gasteiger charge is -2.22. The maximum absolute atomic E-state index is 12.2. The maximum atomic E-state index is 12.2. The minimum Gasteiger partial charge on any atom is -0.491 e. The van der Waals surface area contributed by atoms with Crippen molar-refractivity contribution in [2.75, 3.05) is 23.7 Å². The van der Waals surface area contributed by atoms with Crippen LogP contribution >= 0.6 is 0 Å². The first-order valence-electron chi connectivity index (χ1n) is 9.69. The zero-order valence-corrected chi connectivity index (χ0v) is 18.3. The Balaban J connectivity index is 1.81. The van der Waals surface area contributed by atoms with E-state index in [1.54, 1.807) is 12.1 Å². The maximum Gasteiger partial charge on any atom is 0.232 e. The molecule has 29 heavy (non-hydrogen) atoms. The van der Waals surface area contributed by atoms with Gasteiger partial charge in [0.15, 0.2) is 0 Å². The molecule has 0 fully saturated rings. The van der Waals surface area contributed by atoms with Crippen LogP contribution in [0.1, 0.15) is 30.9 Å². The Kier molecular flexibility index (Phi) is 8.08. The molecule has 2 rings (SSSR count). The summed E-state index contributed by atoms with van der Waals surface area (Å²) in [7, 11) is -3.41. The fraction of sp³-hybridized carbons (Fsp3) is 0.409. The van der Waals surface area contributed by atoms with Gasteiger partial charge >= 0.3 is 0 Å². The molecular formula is C22H30N2O4S. The van der Waals surface area contributed by atoms with Crippen molar-refractivity contribution in [2.45, 2.75) is 39.7 Å². The summed E-state index contributed by atoms with van der Waals surface area (Å²) in [6.45, 7) is 6.42. The lowest BCUT2D eigenvalue weighted by Crippen LogP contribution is -2.37. The fourth-order valence-electron chi connectivity index (χ4n) is 2.90. The fourth-order valence-corrected chi connectivity index (χ4v) is 3.87. The largest absolute Gasteiger partial charge is 0.491 e. The number of hydrogen-bond acceptors (Lipinski definition) is 4. The van der Waals surface area contributed by atoms with Gasteiger partial charge in [0.05, 0.1) is 18.0 Å². The number of nitrogens with one attached hydrogen (secondary N) is 1. The molecule has 0 bridgehead atoms. The minimum atomic E-state index is -3.41. The van der Waals surface area contributed by atoms with Gasteiger partial charge in [-0.15, -0.1) is 0 Å². The topological polar surface area (TPSA) is 75.7 Å². The quantitative estimate of drug-likeness (QED) is 0.641. The standard InChI is InChI=1S/C22H30N2O4S/c1-17-11-13-20(14-12-17)24(29(4,26)27)15-7-10-22(25)23-19(3)16-28-21-9-6-5-8-18(21)2/h5-6,8-9,11-14,19H,7,10,15-16H2,1-4H3,(H,23,25)/t19-/m1/s1. The van der Waals surface area contributed by atoms with Gasteiger partial charge in [0.1, 0.15) is 12.4 Å². The summed E-state index contributed by atoms with van der Waals surface area (Å²) in [4.78, 5) is 12.2. The third-order valence-corrected chi connectivity index (χ3v) is 5.67. The van der Waals surface area contributed by atoms with E-state index >= 15 is 0 Å². The van der Waals surface area contributed by atoms with Gasteiger partial charge in [0.2, 0.25) is 15.9 Å². The van der Waals surface area contributed by atoms with Gasteiger partial charge in [-0.1, -0.05) is 35.9 Å². The molecule has 6 nitrogen and oxygen atoms in total. The molecule has 0 radical (unpaired) electrons. The number of sulfonamides is 1. The van der Waals surface area contributed by atoms with Crippen molar-refractivity contribution in [3.8, 4) is 5.75 Å². The molecule has 7 heteroatoms. The Morgan fingerprint density at radius 1 is 1.10 bits per heavy atom. The Morgan fingerprint density at radius 2 is 1.76 bits per heavy atom. The van der Waals surface area contributed by atoms with E-state index in [-0.39, 0.29) is 24.9 Å². The number of rotatable bonds is 10. The molecule has 0 aliphatic rings. The first-order valence-corrected chi connectivity index (χ1v) is 11.5. The Labute approximate surface area is 173 Å². The van der Waals surface area contributed by atoms with Crippen molar-refractivity contribution in [3.63, 3.8) is 0 Å². The molecule has 0 saturated carbocycles. The van der Waals surface area contributed by atoms with E-state index in [1.807, 2.05) is 57.2 Å². The number of carbonyl (C=O) groups is 1. The second-order valence-electron chi connectivity index (χ2n) is 7.32. The van der Waals surface area contributed by atoms with Crippen LogP contribution in [0.5, 0.6) is 5.75 Å². The summed E-state index contributed by atoms with van der Waals surface area (Å²) in [6.07, 6.45) is 1.85. The molecule has 2 aromatic carbocycles. The van der Waals surface area contributed by atoms with Crippen molar-refractivity contribution in [3.05, 3.63) is 59.7 Å². The summed E-state index contributed by atoms with van der Waals surface area (Å²) in [6, 6.07) is 14.9. The molecule has 0 unspecified atom stereocenters. The van der Waals surface area contributed by atoms with Crippen LogP contribution in [0.25, 0.3) is 0 Å². The number of para-hydroxylation sites is 1. The average Bonchev–Trinajstić information content (AvgIpc) is 2.64. The lowest BCUT2D eigenvalue weighted by atomic mass is 10.2. The zero-order chi connectivity index (χ0) is 21.4. The van der Waals surface area contributed by atoms with Crippen LogP contribution in [-0.2, 0) is 14.8 Å². The highest BCUT2D eigenvalue weighted by Gasteiger charge is 2.18. The molecule has 0 saturated heterocycles. The lowest BCUT2D eigenvalue weighted by molar-refractivity contribution is -0.121. The normalized spacial score (nSPS) is 12.3. The second-order valence-corrected chi connectivity index (χ2v) is 9.23. The molecular weight excluding hydrogens is 388 g/mol. The van der Waals surface area contributed by atoms with Gasteiger partial charge < -0.3 is 10.1 Å².